The number of benzene rings is 2. The minimum Gasteiger partial charge on any atom is -0.298 e. The molecule has 0 atom stereocenters. The maximum Gasteiger partial charge on any atom is 0.150 e. The first-order valence-corrected chi connectivity index (χ1v) is 6.25. The average Bonchev–Trinajstić information content (AvgIpc) is 2.46. The zero-order chi connectivity index (χ0) is 13.2. The van der Waals surface area contributed by atoms with E-state index in [4.69, 9.17) is 11.6 Å². The maximum absolute atomic E-state index is 11.1. The van der Waals surface area contributed by atoms with Crippen molar-refractivity contribution in [2.24, 2.45) is 0 Å². The molecule has 0 saturated heterocycles. The molecule has 0 fully saturated rings. The molecule has 0 aliphatic carbocycles. The third-order valence-electron chi connectivity index (χ3n) is 3.06. The lowest BCUT2D eigenvalue weighted by molar-refractivity contribution is 0.112. The third-order valence-corrected chi connectivity index (χ3v) is 3.29. The van der Waals surface area contributed by atoms with Crippen LogP contribution in [0.3, 0.4) is 0 Å². The van der Waals surface area contributed by atoms with Crippen molar-refractivity contribution in [2.45, 2.75) is 0 Å². The van der Waals surface area contributed by atoms with Crippen LogP contribution < -0.4 is 0 Å². The van der Waals surface area contributed by atoms with Gasteiger partial charge in [0.1, 0.15) is 0 Å². The predicted octanol–water partition coefficient (Wildman–Crippen LogP) is 4.37. The molecule has 3 heteroatoms. The van der Waals surface area contributed by atoms with Crippen LogP contribution in [-0.4, -0.2) is 11.3 Å². The molecule has 0 saturated carbocycles. The molecule has 2 aromatic carbocycles. The van der Waals surface area contributed by atoms with Crippen LogP contribution in [0.25, 0.3) is 22.0 Å². The summed E-state index contributed by atoms with van der Waals surface area (Å²) in [5, 5.41) is 1.64. The van der Waals surface area contributed by atoms with Crippen molar-refractivity contribution < 1.29 is 4.79 Å². The fourth-order valence-corrected chi connectivity index (χ4v) is 2.31. The Labute approximate surface area is 115 Å². The van der Waals surface area contributed by atoms with Gasteiger partial charge >= 0.3 is 0 Å². The highest BCUT2D eigenvalue weighted by Crippen LogP contribution is 2.27. The Balaban J connectivity index is 2.21. The molecule has 2 nitrogen and oxygen atoms in total. The number of carbonyl (C=O) groups excluding carboxylic acids is 1. The molecule has 0 aliphatic heterocycles. The largest absolute Gasteiger partial charge is 0.298 e. The number of pyridine rings is 1. The monoisotopic (exact) mass is 267 g/mol. The molecule has 1 heterocycles. The summed E-state index contributed by atoms with van der Waals surface area (Å²) in [6, 6.07) is 15.2. The van der Waals surface area contributed by atoms with Crippen molar-refractivity contribution in [1.29, 1.82) is 0 Å². The molecule has 0 bridgehead atoms. The van der Waals surface area contributed by atoms with Crippen molar-refractivity contribution in [3.8, 4) is 11.1 Å². The number of aldehydes is 1. The van der Waals surface area contributed by atoms with E-state index in [1.54, 1.807) is 18.3 Å². The van der Waals surface area contributed by atoms with Crippen LogP contribution in [0.5, 0.6) is 0 Å². The maximum atomic E-state index is 11.1. The van der Waals surface area contributed by atoms with Gasteiger partial charge in [-0.25, -0.2) is 0 Å². The molecular formula is C16H10ClNO. The smallest absolute Gasteiger partial charge is 0.150 e. The molecular weight excluding hydrogens is 258 g/mol. The number of nitrogens with zero attached hydrogens (tertiary/aromatic N) is 1. The Bertz CT molecular complexity index is 768. The standard InChI is InChI=1S/C16H10ClNO/c17-14-5-6-15(13(8-14)10-19)12-4-3-11-2-1-7-18-16(11)9-12/h1-10H. The van der Waals surface area contributed by atoms with Crippen LogP contribution in [0.15, 0.2) is 54.7 Å². The molecule has 3 rings (SSSR count). The van der Waals surface area contributed by atoms with E-state index in [1.165, 1.54) is 0 Å². The van der Waals surface area contributed by atoms with Crippen LogP contribution >= 0.6 is 11.6 Å². The quantitative estimate of drug-likeness (QED) is 0.646. The van der Waals surface area contributed by atoms with Crippen LogP contribution in [0.2, 0.25) is 5.02 Å². The molecule has 1 aromatic heterocycles. The number of halogens is 1. The van der Waals surface area contributed by atoms with Crippen molar-refractivity contribution in [3.05, 3.63) is 65.3 Å². The van der Waals surface area contributed by atoms with Gasteiger partial charge in [-0.05, 0) is 35.4 Å². The molecule has 0 N–H and O–H groups in total. The highest BCUT2D eigenvalue weighted by molar-refractivity contribution is 6.31. The van der Waals surface area contributed by atoms with Gasteiger partial charge in [0, 0.05) is 22.2 Å². The Morgan fingerprint density at radius 2 is 1.95 bits per heavy atom. The molecule has 19 heavy (non-hydrogen) atoms. The highest BCUT2D eigenvalue weighted by atomic mass is 35.5. The van der Waals surface area contributed by atoms with E-state index < -0.39 is 0 Å². The van der Waals surface area contributed by atoms with E-state index in [0.29, 0.717) is 10.6 Å². The third kappa shape index (κ3) is 2.23. The van der Waals surface area contributed by atoms with Crippen LogP contribution in [0.4, 0.5) is 0 Å². The van der Waals surface area contributed by atoms with Gasteiger partial charge in [0.05, 0.1) is 5.52 Å². The summed E-state index contributed by atoms with van der Waals surface area (Å²) in [6.45, 7) is 0. The van der Waals surface area contributed by atoms with Crippen molar-refractivity contribution in [1.82, 2.24) is 4.98 Å². The first-order valence-electron chi connectivity index (χ1n) is 5.88. The molecule has 0 unspecified atom stereocenters. The van der Waals surface area contributed by atoms with Gasteiger partial charge in [-0.3, -0.25) is 9.78 Å². The lowest BCUT2D eigenvalue weighted by Crippen LogP contribution is -1.88. The SMILES string of the molecule is O=Cc1cc(Cl)ccc1-c1ccc2cccnc2c1. The van der Waals surface area contributed by atoms with Crippen LogP contribution in [0.1, 0.15) is 10.4 Å². The second-order valence-corrected chi connectivity index (χ2v) is 4.70. The zero-order valence-corrected chi connectivity index (χ0v) is 10.8. The summed E-state index contributed by atoms with van der Waals surface area (Å²) in [5.74, 6) is 0. The Morgan fingerprint density at radius 1 is 1.05 bits per heavy atom. The van der Waals surface area contributed by atoms with Gasteiger partial charge in [-0.2, -0.15) is 0 Å². The van der Waals surface area contributed by atoms with Gasteiger partial charge in [-0.15, -0.1) is 0 Å². The van der Waals surface area contributed by atoms with Gasteiger partial charge in [0.25, 0.3) is 0 Å². The van der Waals surface area contributed by atoms with E-state index in [2.05, 4.69) is 4.98 Å². The molecule has 0 spiro atoms. The fourth-order valence-electron chi connectivity index (χ4n) is 2.13. The minimum atomic E-state index is 0.560. The van der Waals surface area contributed by atoms with Gasteiger partial charge in [-0.1, -0.05) is 35.9 Å². The Hall–Kier alpha value is -2.19. The summed E-state index contributed by atoms with van der Waals surface area (Å²) in [5.41, 5.74) is 3.33. The second kappa shape index (κ2) is 4.82. The lowest BCUT2D eigenvalue weighted by Gasteiger charge is -2.06. The zero-order valence-electron chi connectivity index (χ0n) is 10.0. The van der Waals surface area contributed by atoms with E-state index in [9.17, 15) is 4.79 Å². The molecule has 92 valence electrons. The van der Waals surface area contributed by atoms with Crippen LogP contribution in [-0.2, 0) is 0 Å². The average molecular weight is 268 g/mol. The lowest BCUT2D eigenvalue weighted by atomic mass is 9.99. The highest BCUT2D eigenvalue weighted by Gasteiger charge is 2.06. The fraction of sp³-hybridized carbons (Fsp3) is 0. The summed E-state index contributed by atoms with van der Waals surface area (Å²) in [4.78, 5) is 15.5. The summed E-state index contributed by atoms with van der Waals surface area (Å²) < 4.78 is 0. The second-order valence-electron chi connectivity index (χ2n) is 4.26. The minimum absolute atomic E-state index is 0.560. The number of hydrogen-bond acceptors (Lipinski definition) is 2. The normalized spacial score (nSPS) is 10.6. The van der Waals surface area contributed by atoms with E-state index in [1.807, 2.05) is 36.4 Å². The number of aromatic nitrogens is 1. The number of rotatable bonds is 2. The van der Waals surface area contributed by atoms with E-state index in [-0.39, 0.29) is 0 Å². The van der Waals surface area contributed by atoms with Crippen molar-refractivity contribution in [3.63, 3.8) is 0 Å². The van der Waals surface area contributed by atoms with E-state index in [0.717, 1.165) is 28.3 Å². The Kier molecular flexibility index (Phi) is 3.02. The van der Waals surface area contributed by atoms with Gasteiger partial charge < -0.3 is 0 Å². The summed E-state index contributed by atoms with van der Waals surface area (Å²) in [6.07, 6.45) is 2.58. The first-order chi connectivity index (χ1) is 9.28. The molecule has 0 aliphatic rings. The predicted molar refractivity (Wildman–Crippen MR) is 77.6 cm³/mol. The molecule has 3 aromatic rings. The molecule has 0 radical (unpaired) electrons. The van der Waals surface area contributed by atoms with Gasteiger partial charge in [0.2, 0.25) is 0 Å². The Morgan fingerprint density at radius 3 is 2.79 bits per heavy atom. The molecule has 0 amide bonds. The topological polar surface area (TPSA) is 30.0 Å². The van der Waals surface area contributed by atoms with Crippen LogP contribution in [0, 0.1) is 0 Å². The summed E-state index contributed by atoms with van der Waals surface area (Å²) in [7, 11) is 0. The number of hydrogen-bond donors (Lipinski definition) is 0. The summed E-state index contributed by atoms with van der Waals surface area (Å²) >= 11 is 5.91. The number of fused-ring (bicyclic) bond motifs is 1. The van der Waals surface area contributed by atoms with Crippen molar-refractivity contribution >= 4 is 28.8 Å². The van der Waals surface area contributed by atoms with Crippen molar-refractivity contribution in [2.75, 3.05) is 0 Å². The van der Waals surface area contributed by atoms with Gasteiger partial charge in [0.15, 0.2) is 6.29 Å². The first kappa shape index (κ1) is 11.9. The number of carbonyl (C=O) groups is 1. The van der Waals surface area contributed by atoms with E-state index >= 15 is 0 Å².